The van der Waals surface area contributed by atoms with Crippen LogP contribution in [0.5, 0.6) is 5.75 Å². The van der Waals surface area contributed by atoms with E-state index in [4.69, 9.17) is 4.74 Å². The predicted molar refractivity (Wildman–Crippen MR) is 107 cm³/mol. The molecule has 26 heavy (non-hydrogen) atoms. The summed E-state index contributed by atoms with van der Waals surface area (Å²) in [6.45, 7) is 10.5. The van der Waals surface area contributed by atoms with Gasteiger partial charge in [0.05, 0.1) is 18.3 Å². The molecule has 0 amide bonds. The van der Waals surface area contributed by atoms with E-state index in [1.807, 2.05) is 44.2 Å². The van der Waals surface area contributed by atoms with Crippen molar-refractivity contribution >= 4 is 10.9 Å². The maximum atomic E-state index is 12.7. The van der Waals surface area contributed by atoms with Crippen LogP contribution in [0.25, 0.3) is 22.2 Å². The van der Waals surface area contributed by atoms with E-state index in [1.165, 1.54) is 5.56 Å². The molecule has 0 N–H and O–H groups in total. The highest BCUT2D eigenvalue weighted by Crippen LogP contribution is 2.31. The Morgan fingerprint density at radius 3 is 2.23 bits per heavy atom. The Kier molecular flexibility index (Phi) is 4.61. The molecule has 0 spiro atoms. The van der Waals surface area contributed by atoms with Crippen LogP contribution in [-0.4, -0.2) is 16.7 Å². The van der Waals surface area contributed by atoms with Gasteiger partial charge in [0.25, 0.3) is 0 Å². The quantitative estimate of drug-likeness (QED) is 0.671. The van der Waals surface area contributed by atoms with Crippen molar-refractivity contribution in [3.05, 3.63) is 58.5 Å². The molecule has 1 aromatic heterocycles. The minimum absolute atomic E-state index is 0.0308. The van der Waals surface area contributed by atoms with Crippen LogP contribution in [0.2, 0.25) is 0 Å². The fourth-order valence-electron chi connectivity index (χ4n) is 3.20. The number of fused-ring (bicyclic) bond motifs is 1. The van der Waals surface area contributed by atoms with Crippen molar-refractivity contribution in [2.45, 2.75) is 46.1 Å². The highest BCUT2D eigenvalue weighted by Gasteiger charge is 2.17. The molecule has 0 saturated heterocycles. The number of ether oxygens (including phenoxy) is 1. The Bertz CT molecular complexity index is 994. The van der Waals surface area contributed by atoms with Crippen LogP contribution in [0.15, 0.2) is 47.3 Å². The molecule has 0 atom stereocenters. The van der Waals surface area contributed by atoms with Crippen LogP contribution in [0, 0.1) is 0 Å². The summed E-state index contributed by atoms with van der Waals surface area (Å²) >= 11 is 0. The maximum absolute atomic E-state index is 12.7. The summed E-state index contributed by atoms with van der Waals surface area (Å²) in [5, 5.41) is 0.918. The van der Waals surface area contributed by atoms with Crippen molar-refractivity contribution in [2.75, 3.05) is 7.11 Å². The summed E-state index contributed by atoms with van der Waals surface area (Å²) in [5.41, 5.74) is 3.60. The first-order valence-electron chi connectivity index (χ1n) is 8.93. The zero-order valence-electron chi connectivity index (χ0n) is 16.3. The van der Waals surface area contributed by atoms with Gasteiger partial charge in [0.2, 0.25) is 0 Å². The number of benzene rings is 2. The molecule has 4 heteroatoms. The van der Waals surface area contributed by atoms with Crippen LogP contribution in [0.3, 0.4) is 0 Å². The van der Waals surface area contributed by atoms with E-state index in [9.17, 15) is 4.79 Å². The average Bonchev–Trinajstić information content (AvgIpc) is 2.59. The van der Waals surface area contributed by atoms with Gasteiger partial charge in [0.1, 0.15) is 5.75 Å². The lowest BCUT2D eigenvalue weighted by Crippen LogP contribution is -2.25. The Balaban J connectivity index is 2.29. The van der Waals surface area contributed by atoms with Crippen LogP contribution in [0.4, 0.5) is 0 Å². The molecular formula is C22H26N2O2. The van der Waals surface area contributed by atoms with E-state index in [0.29, 0.717) is 5.69 Å². The molecule has 0 radical (unpaired) electrons. The molecule has 3 aromatic rings. The lowest BCUT2D eigenvalue weighted by atomic mass is 9.86. The topological polar surface area (TPSA) is 44.1 Å². The van der Waals surface area contributed by atoms with Crippen LogP contribution < -0.4 is 10.4 Å². The van der Waals surface area contributed by atoms with E-state index in [-0.39, 0.29) is 17.1 Å². The highest BCUT2D eigenvalue weighted by molar-refractivity contribution is 5.93. The second-order valence-electron chi connectivity index (χ2n) is 7.92. The molecule has 0 aliphatic heterocycles. The van der Waals surface area contributed by atoms with Gasteiger partial charge in [-0.2, -0.15) is 4.98 Å². The summed E-state index contributed by atoms with van der Waals surface area (Å²) in [7, 11) is 1.64. The lowest BCUT2D eigenvalue weighted by Gasteiger charge is -2.20. The number of methoxy groups -OCH3 is 1. The first-order valence-corrected chi connectivity index (χ1v) is 8.93. The number of rotatable bonds is 3. The van der Waals surface area contributed by atoms with E-state index < -0.39 is 0 Å². The summed E-state index contributed by atoms with van der Waals surface area (Å²) in [6, 6.07) is 14.1. The second kappa shape index (κ2) is 6.60. The normalized spacial score (nSPS) is 12.0. The largest absolute Gasteiger partial charge is 0.497 e. The standard InChI is InChI=1S/C22H26N2O2/c1-14(2)24-19-12-11-17(26-6)13-18(19)20(23-21(24)25)15-7-9-16(10-8-15)22(3,4)5/h7-14H,1-6H3. The number of hydrogen-bond acceptors (Lipinski definition) is 3. The van der Waals surface area contributed by atoms with Gasteiger partial charge >= 0.3 is 5.69 Å². The fourth-order valence-corrected chi connectivity index (χ4v) is 3.20. The molecule has 3 rings (SSSR count). The molecule has 0 aliphatic carbocycles. The first kappa shape index (κ1) is 18.2. The number of nitrogens with zero attached hydrogens (tertiary/aromatic N) is 2. The van der Waals surface area contributed by atoms with Gasteiger partial charge in [-0.05, 0) is 43.0 Å². The smallest absolute Gasteiger partial charge is 0.348 e. The third kappa shape index (κ3) is 3.24. The van der Waals surface area contributed by atoms with E-state index in [1.54, 1.807) is 11.7 Å². The van der Waals surface area contributed by atoms with E-state index in [2.05, 4.69) is 37.9 Å². The zero-order valence-corrected chi connectivity index (χ0v) is 16.3. The Morgan fingerprint density at radius 1 is 1.04 bits per heavy atom. The molecular weight excluding hydrogens is 324 g/mol. The molecule has 0 aliphatic rings. The molecule has 0 fully saturated rings. The van der Waals surface area contributed by atoms with Crippen molar-refractivity contribution in [1.29, 1.82) is 0 Å². The third-order valence-electron chi connectivity index (χ3n) is 4.67. The van der Waals surface area contributed by atoms with Crippen molar-refractivity contribution in [2.24, 2.45) is 0 Å². The monoisotopic (exact) mass is 350 g/mol. The van der Waals surface area contributed by atoms with Crippen molar-refractivity contribution < 1.29 is 4.74 Å². The molecule has 4 nitrogen and oxygen atoms in total. The van der Waals surface area contributed by atoms with Gasteiger partial charge in [0.15, 0.2) is 0 Å². The van der Waals surface area contributed by atoms with Crippen LogP contribution in [0.1, 0.15) is 46.2 Å². The van der Waals surface area contributed by atoms with Crippen LogP contribution in [-0.2, 0) is 5.41 Å². The third-order valence-corrected chi connectivity index (χ3v) is 4.67. The van der Waals surface area contributed by atoms with Crippen LogP contribution >= 0.6 is 0 Å². The molecule has 0 unspecified atom stereocenters. The Labute approximate surface area is 154 Å². The van der Waals surface area contributed by atoms with Gasteiger partial charge in [0, 0.05) is 17.0 Å². The predicted octanol–water partition coefficient (Wildman–Crippen LogP) is 4.95. The summed E-state index contributed by atoms with van der Waals surface area (Å²) in [6.07, 6.45) is 0. The summed E-state index contributed by atoms with van der Waals surface area (Å²) in [5.74, 6) is 0.751. The van der Waals surface area contributed by atoms with Gasteiger partial charge in [-0.3, -0.25) is 4.57 Å². The maximum Gasteiger partial charge on any atom is 0.348 e. The van der Waals surface area contributed by atoms with Crippen molar-refractivity contribution in [3.63, 3.8) is 0 Å². The Hall–Kier alpha value is -2.62. The SMILES string of the molecule is COc1ccc2c(c1)c(-c1ccc(C(C)(C)C)cc1)nc(=O)n2C(C)C. The average molecular weight is 350 g/mol. The second-order valence-corrected chi connectivity index (χ2v) is 7.92. The number of aromatic nitrogens is 2. The van der Waals surface area contributed by atoms with Gasteiger partial charge in [-0.25, -0.2) is 4.79 Å². The zero-order chi connectivity index (χ0) is 19.1. The minimum atomic E-state index is -0.229. The Morgan fingerprint density at radius 2 is 1.69 bits per heavy atom. The van der Waals surface area contributed by atoms with Gasteiger partial charge < -0.3 is 4.74 Å². The summed E-state index contributed by atoms with van der Waals surface area (Å²) in [4.78, 5) is 17.1. The molecule has 0 bridgehead atoms. The van der Waals surface area contributed by atoms with E-state index >= 15 is 0 Å². The van der Waals surface area contributed by atoms with Crippen molar-refractivity contribution in [3.8, 4) is 17.0 Å². The highest BCUT2D eigenvalue weighted by atomic mass is 16.5. The lowest BCUT2D eigenvalue weighted by molar-refractivity contribution is 0.415. The number of hydrogen-bond donors (Lipinski definition) is 0. The van der Waals surface area contributed by atoms with Gasteiger partial charge in [-0.15, -0.1) is 0 Å². The first-order chi connectivity index (χ1) is 12.2. The van der Waals surface area contributed by atoms with Crippen molar-refractivity contribution in [1.82, 2.24) is 9.55 Å². The molecule has 2 aromatic carbocycles. The van der Waals surface area contributed by atoms with E-state index in [0.717, 1.165) is 22.2 Å². The minimum Gasteiger partial charge on any atom is -0.497 e. The molecule has 136 valence electrons. The molecule has 1 heterocycles. The summed E-state index contributed by atoms with van der Waals surface area (Å²) < 4.78 is 7.12. The fraction of sp³-hybridized carbons (Fsp3) is 0.364. The molecule has 0 saturated carbocycles. The van der Waals surface area contributed by atoms with Gasteiger partial charge in [-0.1, -0.05) is 45.0 Å².